The predicted octanol–water partition coefficient (Wildman–Crippen LogP) is 3.34. The summed E-state index contributed by atoms with van der Waals surface area (Å²) in [5, 5.41) is 4.79. The summed E-state index contributed by atoms with van der Waals surface area (Å²) in [5.74, 6) is 0. The van der Waals surface area contributed by atoms with Crippen molar-refractivity contribution >= 4 is 10.9 Å². The second-order valence-electron chi connectivity index (χ2n) is 4.67. The fourth-order valence-corrected chi connectivity index (χ4v) is 2.17. The number of aryl methyl sites for hydroxylation is 2. The van der Waals surface area contributed by atoms with Crippen molar-refractivity contribution in [1.82, 2.24) is 9.88 Å². The van der Waals surface area contributed by atoms with Gasteiger partial charge in [-0.2, -0.15) is 0 Å². The average molecular weight is 230 g/mol. The third-order valence-corrected chi connectivity index (χ3v) is 3.11. The zero-order valence-corrected chi connectivity index (χ0v) is 10.9. The smallest absolute Gasteiger partial charge is 0.0482 e. The Morgan fingerprint density at radius 3 is 2.88 bits per heavy atom. The minimum absolute atomic E-state index is 1.10. The minimum atomic E-state index is 1.10. The van der Waals surface area contributed by atoms with Crippen LogP contribution >= 0.6 is 0 Å². The van der Waals surface area contributed by atoms with Crippen molar-refractivity contribution in [2.45, 2.75) is 33.2 Å². The molecule has 0 aliphatic carbocycles. The van der Waals surface area contributed by atoms with Gasteiger partial charge in [0, 0.05) is 18.3 Å². The summed E-state index contributed by atoms with van der Waals surface area (Å²) in [6.07, 6.45) is 4.60. The van der Waals surface area contributed by atoms with Crippen molar-refractivity contribution in [1.29, 1.82) is 0 Å². The van der Waals surface area contributed by atoms with Gasteiger partial charge in [-0.25, -0.2) is 0 Å². The van der Waals surface area contributed by atoms with Gasteiger partial charge in [0.2, 0.25) is 0 Å². The zero-order valence-electron chi connectivity index (χ0n) is 10.9. The molecule has 0 bridgehead atoms. The number of benzene rings is 1. The fraction of sp³-hybridized carbons (Fsp3) is 0.467. The van der Waals surface area contributed by atoms with E-state index in [4.69, 9.17) is 0 Å². The van der Waals surface area contributed by atoms with Crippen LogP contribution < -0.4 is 5.32 Å². The predicted molar refractivity (Wildman–Crippen MR) is 74.5 cm³/mol. The Hall–Kier alpha value is -1.28. The van der Waals surface area contributed by atoms with Crippen LogP contribution in [0.25, 0.3) is 10.9 Å². The van der Waals surface area contributed by atoms with Gasteiger partial charge in [0.1, 0.15) is 0 Å². The molecule has 0 aliphatic heterocycles. The Labute approximate surface area is 104 Å². The molecule has 92 valence electrons. The highest BCUT2D eigenvalue weighted by molar-refractivity contribution is 5.80. The third-order valence-electron chi connectivity index (χ3n) is 3.11. The minimum Gasteiger partial charge on any atom is -0.347 e. The molecular formula is C15H22N2. The molecule has 2 aromatic rings. The molecular weight excluding hydrogens is 208 g/mol. The normalized spacial score (nSPS) is 11.2. The highest BCUT2D eigenvalue weighted by atomic mass is 15.0. The first-order valence-electron chi connectivity index (χ1n) is 6.57. The lowest BCUT2D eigenvalue weighted by Gasteiger charge is -2.06. The molecule has 0 fully saturated rings. The molecule has 0 saturated heterocycles. The van der Waals surface area contributed by atoms with Gasteiger partial charge in [0.15, 0.2) is 0 Å². The molecule has 0 amide bonds. The number of fused-ring (bicyclic) bond motifs is 1. The van der Waals surface area contributed by atoms with Crippen molar-refractivity contribution in [3.05, 3.63) is 36.0 Å². The molecule has 1 aromatic carbocycles. The van der Waals surface area contributed by atoms with Crippen LogP contribution in [0.3, 0.4) is 0 Å². The summed E-state index contributed by atoms with van der Waals surface area (Å²) < 4.78 is 2.36. The van der Waals surface area contributed by atoms with Gasteiger partial charge in [-0.15, -0.1) is 0 Å². The quantitative estimate of drug-likeness (QED) is 0.753. The Balaban J connectivity index is 1.96. The molecule has 2 rings (SSSR count). The highest BCUT2D eigenvalue weighted by Gasteiger charge is 2.00. The second kappa shape index (κ2) is 5.87. The topological polar surface area (TPSA) is 17.0 Å². The molecule has 0 atom stereocenters. The molecule has 0 aliphatic rings. The number of rotatable bonds is 6. The molecule has 0 spiro atoms. The van der Waals surface area contributed by atoms with Crippen molar-refractivity contribution < 1.29 is 0 Å². The van der Waals surface area contributed by atoms with E-state index in [0.29, 0.717) is 0 Å². The van der Waals surface area contributed by atoms with E-state index in [1.807, 2.05) is 0 Å². The average Bonchev–Trinajstić information content (AvgIpc) is 2.72. The summed E-state index contributed by atoms with van der Waals surface area (Å²) >= 11 is 0. The van der Waals surface area contributed by atoms with Crippen molar-refractivity contribution in [2.75, 3.05) is 13.1 Å². The van der Waals surface area contributed by atoms with Crippen molar-refractivity contribution in [3.63, 3.8) is 0 Å². The van der Waals surface area contributed by atoms with E-state index in [-0.39, 0.29) is 0 Å². The third kappa shape index (κ3) is 3.10. The largest absolute Gasteiger partial charge is 0.347 e. The molecule has 1 aromatic heterocycles. The van der Waals surface area contributed by atoms with Gasteiger partial charge >= 0.3 is 0 Å². The maximum Gasteiger partial charge on any atom is 0.0482 e. The van der Waals surface area contributed by atoms with Crippen LogP contribution in [0.1, 0.15) is 25.3 Å². The van der Waals surface area contributed by atoms with Crippen LogP contribution in [0.2, 0.25) is 0 Å². The molecule has 1 N–H and O–H groups in total. The summed E-state index contributed by atoms with van der Waals surface area (Å²) in [7, 11) is 0. The molecule has 0 unspecified atom stereocenters. The molecule has 0 radical (unpaired) electrons. The summed E-state index contributed by atoms with van der Waals surface area (Å²) in [6.45, 7) is 7.70. The number of hydrogen-bond acceptors (Lipinski definition) is 1. The molecule has 1 heterocycles. The van der Waals surface area contributed by atoms with Crippen LogP contribution in [0.15, 0.2) is 30.5 Å². The number of nitrogens with zero attached hydrogens (tertiary/aromatic N) is 1. The Morgan fingerprint density at radius 1 is 1.18 bits per heavy atom. The SMILES string of the molecule is CCCNCCCn1ccc2ccc(C)cc21. The van der Waals surface area contributed by atoms with Crippen LogP contribution in [0, 0.1) is 6.92 Å². The van der Waals surface area contributed by atoms with Crippen LogP contribution in [-0.2, 0) is 6.54 Å². The van der Waals surface area contributed by atoms with E-state index in [2.05, 4.69) is 54.2 Å². The first-order valence-corrected chi connectivity index (χ1v) is 6.57. The lowest BCUT2D eigenvalue weighted by Crippen LogP contribution is -2.17. The number of aromatic nitrogens is 1. The van der Waals surface area contributed by atoms with Gasteiger partial charge in [0.05, 0.1) is 0 Å². The maximum atomic E-state index is 3.44. The summed E-state index contributed by atoms with van der Waals surface area (Å²) in [4.78, 5) is 0. The van der Waals surface area contributed by atoms with Gasteiger partial charge < -0.3 is 9.88 Å². The number of hydrogen-bond donors (Lipinski definition) is 1. The van der Waals surface area contributed by atoms with Crippen LogP contribution in [0.5, 0.6) is 0 Å². The Kier molecular flexibility index (Phi) is 4.21. The summed E-state index contributed by atoms with van der Waals surface area (Å²) in [6, 6.07) is 8.86. The zero-order chi connectivity index (χ0) is 12.1. The lowest BCUT2D eigenvalue weighted by molar-refractivity contribution is 0.587. The van der Waals surface area contributed by atoms with E-state index in [1.54, 1.807) is 0 Å². The van der Waals surface area contributed by atoms with Gasteiger partial charge in [-0.05, 0) is 55.9 Å². The second-order valence-corrected chi connectivity index (χ2v) is 4.67. The van der Waals surface area contributed by atoms with E-state index < -0.39 is 0 Å². The standard InChI is InChI=1S/C15H22N2/c1-3-8-16-9-4-10-17-11-7-14-6-5-13(2)12-15(14)17/h5-7,11-12,16H,3-4,8-10H2,1-2H3. The van der Waals surface area contributed by atoms with E-state index in [1.165, 1.54) is 29.3 Å². The van der Waals surface area contributed by atoms with E-state index in [9.17, 15) is 0 Å². The first-order chi connectivity index (χ1) is 8.31. The number of nitrogens with one attached hydrogen (secondary N) is 1. The van der Waals surface area contributed by atoms with Crippen LogP contribution in [0.4, 0.5) is 0 Å². The molecule has 2 nitrogen and oxygen atoms in total. The highest BCUT2D eigenvalue weighted by Crippen LogP contribution is 2.17. The molecule has 17 heavy (non-hydrogen) atoms. The van der Waals surface area contributed by atoms with Crippen LogP contribution in [-0.4, -0.2) is 17.7 Å². The first kappa shape index (κ1) is 12.2. The van der Waals surface area contributed by atoms with E-state index >= 15 is 0 Å². The van der Waals surface area contributed by atoms with E-state index in [0.717, 1.165) is 19.6 Å². The van der Waals surface area contributed by atoms with Crippen molar-refractivity contribution in [2.24, 2.45) is 0 Å². The molecule has 0 saturated carbocycles. The monoisotopic (exact) mass is 230 g/mol. The van der Waals surface area contributed by atoms with Gasteiger partial charge in [-0.3, -0.25) is 0 Å². The van der Waals surface area contributed by atoms with Gasteiger partial charge in [0.25, 0.3) is 0 Å². The Morgan fingerprint density at radius 2 is 2.06 bits per heavy atom. The fourth-order valence-electron chi connectivity index (χ4n) is 2.17. The maximum absolute atomic E-state index is 3.44. The molecule has 2 heteroatoms. The van der Waals surface area contributed by atoms with Gasteiger partial charge in [-0.1, -0.05) is 19.1 Å². The van der Waals surface area contributed by atoms with Crippen molar-refractivity contribution in [3.8, 4) is 0 Å². The Bertz CT molecular complexity index is 471. The lowest BCUT2D eigenvalue weighted by atomic mass is 10.2. The summed E-state index contributed by atoms with van der Waals surface area (Å²) in [5.41, 5.74) is 2.70.